The molecule has 0 aliphatic heterocycles. The Bertz CT molecular complexity index is 325. The smallest absolute Gasteiger partial charge is 0.0951 e. The van der Waals surface area contributed by atoms with E-state index in [1.54, 1.807) is 0 Å². The van der Waals surface area contributed by atoms with Gasteiger partial charge in [-0.1, -0.05) is 23.7 Å². The summed E-state index contributed by atoms with van der Waals surface area (Å²) in [5.74, 6) is 0. The van der Waals surface area contributed by atoms with Crippen LogP contribution in [0.15, 0.2) is 24.3 Å². The lowest BCUT2D eigenvalue weighted by Gasteiger charge is -2.30. The molecule has 1 aromatic rings. The van der Waals surface area contributed by atoms with Gasteiger partial charge in [-0.15, -0.1) is 0 Å². The molecule has 0 saturated heterocycles. The normalized spacial score (nSPS) is 18.5. The maximum absolute atomic E-state index is 5.93. The maximum atomic E-state index is 5.93. The number of nitrogens with two attached hydrogens (primary N) is 1. The van der Waals surface area contributed by atoms with Crippen LogP contribution in [0.4, 0.5) is 0 Å². The third-order valence-electron chi connectivity index (χ3n) is 2.84. The van der Waals surface area contributed by atoms with Gasteiger partial charge in [-0.2, -0.15) is 0 Å². The summed E-state index contributed by atoms with van der Waals surface area (Å²) in [5.41, 5.74) is 6.79. The van der Waals surface area contributed by atoms with E-state index < -0.39 is 0 Å². The molecular weight excluding hydrogens is 210 g/mol. The van der Waals surface area contributed by atoms with Gasteiger partial charge >= 0.3 is 0 Å². The third-order valence-corrected chi connectivity index (χ3v) is 3.08. The molecule has 3 heteroatoms. The van der Waals surface area contributed by atoms with E-state index in [-0.39, 0.29) is 6.10 Å². The molecule has 0 bridgehead atoms. The molecule has 1 atom stereocenters. The maximum Gasteiger partial charge on any atom is 0.0951 e. The summed E-state index contributed by atoms with van der Waals surface area (Å²) in [6.07, 6.45) is 4.00. The average molecular weight is 226 g/mol. The van der Waals surface area contributed by atoms with Crippen LogP contribution < -0.4 is 5.73 Å². The molecule has 2 rings (SSSR count). The van der Waals surface area contributed by atoms with E-state index in [1.807, 2.05) is 24.3 Å². The molecule has 0 spiro atoms. The number of ether oxygens (including phenoxy) is 1. The molecule has 1 aliphatic rings. The molecule has 0 amide bonds. The number of hydrogen-bond acceptors (Lipinski definition) is 2. The fourth-order valence-electron chi connectivity index (χ4n) is 1.72. The zero-order valence-electron chi connectivity index (χ0n) is 8.66. The molecule has 1 aromatic carbocycles. The van der Waals surface area contributed by atoms with Gasteiger partial charge in [0.25, 0.3) is 0 Å². The van der Waals surface area contributed by atoms with Crippen molar-refractivity contribution in [2.45, 2.75) is 31.5 Å². The van der Waals surface area contributed by atoms with Gasteiger partial charge in [-0.05, 0) is 37.0 Å². The second-order valence-electron chi connectivity index (χ2n) is 3.97. The number of rotatable bonds is 4. The van der Waals surface area contributed by atoms with Crippen LogP contribution in [0.1, 0.15) is 30.9 Å². The standard InChI is InChI=1S/C12H16ClNO/c13-10-4-1-3-9(7-10)12(8-14)15-11-5-2-6-11/h1,3-4,7,11-12H,2,5-6,8,14H2. The van der Waals surface area contributed by atoms with Crippen LogP contribution >= 0.6 is 11.6 Å². The fourth-order valence-corrected chi connectivity index (χ4v) is 1.91. The van der Waals surface area contributed by atoms with Gasteiger partial charge in [0.2, 0.25) is 0 Å². The van der Waals surface area contributed by atoms with E-state index in [4.69, 9.17) is 22.1 Å². The van der Waals surface area contributed by atoms with Crippen molar-refractivity contribution in [3.05, 3.63) is 34.9 Å². The van der Waals surface area contributed by atoms with Crippen molar-refractivity contribution in [1.29, 1.82) is 0 Å². The zero-order chi connectivity index (χ0) is 10.7. The van der Waals surface area contributed by atoms with Crippen molar-refractivity contribution in [2.75, 3.05) is 6.54 Å². The summed E-state index contributed by atoms with van der Waals surface area (Å²) >= 11 is 5.93. The fraction of sp³-hybridized carbons (Fsp3) is 0.500. The largest absolute Gasteiger partial charge is 0.369 e. The average Bonchev–Trinajstić information content (AvgIpc) is 2.16. The Hall–Kier alpha value is -0.570. The Balaban J connectivity index is 2.04. The van der Waals surface area contributed by atoms with Gasteiger partial charge in [0.05, 0.1) is 12.2 Å². The van der Waals surface area contributed by atoms with Crippen LogP contribution in [-0.2, 0) is 4.74 Å². The lowest BCUT2D eigenvalue weighted by Crippen LogP contribution is -2.27. The van der Waals surface area contributed by atoms with Crippen LogP contribution in [0.3, 0.4) is 0 Å². The topological polar surface area (TPSA) is 35.2 Å². The molecule has 0 radical (unpaired) electrons. The first kappa shape index (κ1) is 10.9. The molecule has 15 heavy (non-hydrogen) atoms. The SMILES string of the molecule is NCC(OC1CCC1)c1cccc(Cl)c1. The zero-order valence-corrected chi connectivity index (χ0v) is 9.41. The van der Waals surface area contributed by atoms with E-state index in [1.165, 1.54) is 6.42 Å². The molecule has 0 aromatic heterocycles. The minimum Gasteiger partial charge on any atom is -0.369 e. The monoisotopic (exact) mass is 225 g/mol. The van der Waals surface area contributed by atoms with Crippen LogP contribution in [-0.4, -0.2) is 12.6 Å². The Morgan fingerprint density at radius 1 is 1.47 bits per heavy atom. The van der Waals surface area contributed by atoms with Gasteiger partial charge in [-0.3, -0.25) is 0 Å². The molecular formula is C12H16ClNO. The molecule has 2 N–H and O–H groups in total. The Morgan fingerprint density at radius 2 is 2.27 bits per heavy atom. The molecule has 1 fully saturated rings. The van der Waals surface area contributed by atoms with Crippen LogP contribution in [0.25, 0.3) is 0 Å². The van der Waals surface area contributed by atoms with Crippen molar-refractivity contribution < 1.29 is 4.74 Å². The molecule has 1 aliphatic carbocycles. The predicted molar refractivity (Wildman–Crippen MR) is 62.0 cm³/mol. The Labute approximate surface area is 95.4 Å². The summed E-state index contributed by atoms with van der Waals surface area (Å²) < 4.78 is 5.89. The van der Waals surface area contributed by atoms with Crippen molar-refractivity contribution in [3.8, 4) is 0 Å². The van der Waals surface area contributed by atoms with Crippen LogP contribution in [0, 0.1) is 0 Å². The van der Waals surface area contributed by atoms with Crippen molar-refractivity contribution in [2.24, 2.45) is 5.73 Å². The van der Waals surface area contributed by atoms with E-state index >= 15 is 0 Å². The van der Waals surface area contributed by atoms with Gasteiger partial charge < -0.3 is 10.5 Å². The van der Waals surface area contributed by atoms with Crippen LogP contribution in [0.5, 0.6) is 0 Å². The van der Waals surface area contributed by atoms with Crippen LogP contribution in [0.2, 0.25) is 5.02 Å². The highest BCUT2D eigenvalue weighted by molar-refractivity contribution is 6.30. The first-order valence-corrected chi connectivity index (χ1v) is 5.78. The summed E-state index contributed by atoms with van der Waals surface area (Å²) in [7, 11) is 0. The van der Waals surface area contributed by atoms with Gasteiger partial charge in [0.1, 0.15) is 0 Å². The molecule has 0 heterocycles. The highest BCUT2D eigenvalue weighted by Crippen LogP contribution is 2.29. The molecule has 2 nitrogen and oxygen atoms in total. The molecule has 1 unspecified atom stereocenters. The van der Waals surface area contributed by atoms with E-state index in [0.29, 0.717) is 12.6 Å². The second kappa shape index (κ2) is 4.97. The van der Waals surface area contributed by atoms with E-state index in [9.17, 15) is 0 Å². The van der Waals surface area contributed by atoms with Gasteiger partial charge in [0.15, 0.2) is 0 Å². The lowest BCUT2D eigenvalue weighted by atomic mass is 9.95. The first-order valence-electron chi connectivity index (χ1n) is 5.40. The second-order valence-corrected chi connectivity index (χ2v) is 4.40. The summed E-state index contributed by atoms with van der Waals surface area (Å²) in [6.45, 7) is 0.511. The van der Waals surface area contributed by atoms with Crippen molar-refractivity contribution in [3.63, 3.8) is 0 Å². The Morgan fingerprint density at radius 3 is 2.80 bits per heavy atom. The summed E-state index contributed by atoms with van der Waals surface area (Å²) in [4.78, 5) is 0. The highest BCUT2D eigenvalue weighted by Gasteiger charge is 2.22. The quantitative estimate of drug-likeness (QED) is 0.855. The first-order chi connectivity index (χ1) is 7.29. The number of benzene rings is 1. The van der Waals surface area contributed by atoms with Gasteiger partial charge in [-0.25, -0.2) is 0 Å². The van der Waals surface area contributed by atoms with E-state index in [0.717, 1.165) is 23.4 Å². The Kier molecular flexibility index (Phi) is 3.62. The lowest BCUT2D eigenvalue weighted by molar-refractivity contribution is -0.0487. The summed E-state index contributed by atoms with van der Waals surface area (Å²) in [6, 6.07) is 7.74. The predicted octanol–water partition coefficient (Wildman–Crippen LogP) is 2.91. The van der Waals surface area contributed by atoms with Gasteiger partial charge in [0, 0.05) is 11.6 Å². The third kappa shape index (κ3) is 2.71. The number of hydrogen-bond donors (Lipinski definition) is 1. The molecule has 82 valence electrons. The number of halogens is 1. The van der Waals surface area contributed by atoms with Crippen molar-refractivity contribution >= 4 is 11.6 Å². The van der Waals surface area contributed by atoms with Crippen molar-refractivity contribution in [1.82, 2.24) is 0 Å². The summed E-state index contributed by atoms with van der Waals surface area (Å²) in [5, 5.41) is 0.739. The minimum absolute atomic E-state index is 0.00556. The molecule has 1 saturated carbocycles. The minimum atomic E-state index is -0.00556. The van der Waals surface area contributed by atoms with E-state index in [2.05, 4.69) is 0 Å². The highest BCUT2D eigenvalue weighted by atomic mass is 35.5.